The summed E-state index contributed by atoms with van der Waals surface area (Å²) in [7, 11) is 0. The number of nitrogens with one attached hydrogen (secondary N) is 1. The van der Waals surface area contributed by atoms with Gasteiger partial charge >= 0.3 is 0 Å². The highest BCUT2D eigenvalue weighted by Crippen LogP contribution is 2.19. The van der Waals surface area contributed by atoms with Crippen molar-refractivity contribution in [3.63, 3.8) is 0 Å². The van der Waals surface area contributed by atoms with Crippen molar-refractivity contribution in [2.24, 2.45) is 0 Å². The van der Waals surface area contributed by atoms with Crippen LogP contribution in [0.4, 0.5) is 0 Å². The third-order valence-corrected chi connectivity index (χ3v) is 5.31. The van der Waals surface area contributed by atoms with Gasteiger partial charge in [-0.1, -0.05) is 18.2 Å². The number of halogens is 1. The Morgan fingerprint density at radius 1 is 1.19 bits per heavy atom. The maximum Gasteiger partial charge on any atom is 0.257 e. The van der Waals surface area contributed by atoms with Crippen LogP contribution in [0.5, 0.6) is 0 Å². The Morgan fingerprint density at radius 2 is 1.96 bits per heavy atom. The summed E-state index contributed by atoms with van der Waals surface area (Å²) in [4.78, 5) is 17.3. The van der Waals surface area contributed by atoms with E-state index in [1.54, 1.807) is 10.9 Å². The third kappa shape index (κ3) is 3.77. The summed E-state index contributed by atoms with van der Waals surface area (Å²) >= 11 is 0. The van der Waals surface area contributed by atoms with Gasteiger partial charge in [-0.15, -0.1) is 12.4 Å². The highest BCUT2D eigenvalue weighted by Gasteiger charge is 2.31. The largest absolute Gasteiger partial charge is 0.337 e. The van der Waals surface area contributed by atoms with Gasteiger partial charge in [0.25, 0.3) is 5.91 Å². The molecule has 1 aromatic heterocycles. The zero-order valence-electron chi connectivity index (χ0n) is 15.1. The summed E-state index contributed by atoms with van der Waals surface area (Å²) in [6.07, 6.45) is 4.60. The van der Waals surface area contributed by atoms with Gasteiger partial charge in [0.2, 0.25) is 0 Å². The quantitative estimate of drug-likeness (QED) is 0.887. The van der Waals surface area contributed by atoms with Crippen molar-refractivity contribution in [1.29, 1.82) is 0 Å². The van der Waals surface area contributed by atoms with Crippen molar-refractivity contribution >= 4 is 18.3 Å². The van der Waals surface area contributed by atoms with E-state index in [-0.39, 0.29) is 18.3 Å². The van der Waals surface area contributed by atoms with Crippen molar-refractivity contribution in [2.45, 2.75) is 19.4 Å². The molecule has 1 aromatic carbocycles. The Hall–Kier alpha value is -1.89. The van der Waals surface area contributed by atoms with Gasteiger partial charge in [0.05, 0.1) is 17.4 Å². The highest BCUT2D eigenvalue weighted by molar-refractivity contribution is 5.94. The second-order valence-corrected chi connectivity index (χ2v) is 6.94. The molecule has 2 aliphatic heterocycles. The van der Waals surface area contributed by atoms with Crippen molar-refractivity contribution in [1.82, 2.24) is 24.9 Å². The Balaban J connectivity index is 0.00000196. The number of aromatic nitrogens is 2. The van der Waals surface area contributed by atoms with E-state index in [1.807, 2.05) is 29.3 Å². The van der Waals surface area contributed by atoms with E-state index in [9.17, 15) is 4.79 Å². The Labute approximate surface area is 160 Å². The maximum atomic E-state index is 12.8. The lowest BCUT2D eigenvalue weighted by Crippen LogP contribution is -2.49. The lowest BCUT2D eigenvalue weighted by Gasteiger charge is -2.32. The van der Waals surface area contributed by atoms with Gasteiger partial charge in [-0.05, 0) is 25.0 Å². The van der Waals surface area contributed by atoms with Crippen molar-refractivity contribution < 1.29 is 4.79 Å². The van der Waals surface area contributed by atoms with Gasteiger partial charge < -0.3 is 10.2 Å². The molecule has 4 rings (SSSR count). The molecule has 2 fully saturated rings. The first-order chi connectivity index (χ1) is 12.2. The Morgan fingerprint density at radius 3 is 2.73 bits per heavy atom. The molecule has 7 heteroatoms. The maximum absolute atomic E-state index is 12.8. The van der Waals surface area contributed by atoms with Crippen LogP contribution in [0, 0.1) is 6.92 Å². The average Bonchev–Trinajstić information content (AvgIpc) is 3.32. The lowest BCUT2D eigenvalue weighted by atomic mass is 10.2. The molecule has 1 N–H and O–H groups in total. The van der Waals surface area contributed by atoms with Crippen molar-refractivity contribution in [3.8, 4) is 5.69 Å². The number of hydrogen-bond donors (Lipinski definition) is 1. The molecular weight excluding hydrogens is 350 g/mol. The van der Waals surface area contributed by atoms with Crippen LogP contribution in [-0.2, 0) is 0 Å². The fraction of sp³-hybridized carbons (Fsp3) is 0.474. The monoisotopic (exact) mass is 375 g/mol. The van der Waals surface area contributed by atoms with Crippen LogP contribution in [-0.4, -0.2) is 70.8 Å². The normalized spacial score (nSPS) is 20.8. The second kappa shape index (κ2) is 8.20. The van der Waals surface area contributed by atoms with Gasteiger partial charge in [-0.25, -0.2) is 4.68 Å². The minimum atomic E-state index is 0. The van der Waals surface area contributed by atoms with E-state index >= 15 is 0 Å². The molecular formula is C19H26ClN5O. The van der Waals surface area contributed by atoms with Crippen LogP contribution in [0.1, 0.15) is 22.3 Å². The molecule has 1 unspecified atom stereocenters. The number of nitrogens with zero attached hydrogens (tertiary/aromatic N) is 4. The second-order valence-electron chi connectivity index (χ2n) is 6.94. The molecule has 2 saturated heterocycles. The molecule has 0 bridgehead atoms. The number of carbonyl (C=O) groups excluding carboxylic acids is 1. The van der Waals surface area contributed by atoms with E-state index in [1.165, 1.54) is 0 Å². The van der Waals surface area contributed by atoms with Gasteiger partial charge in [-0.2, -0.15) is 5.10 Å². The topological polar surface area (TPSA) is 53.4 Å². The SMILES string of the molecule is Cc1ccccc1-n1cc(C(=O)N2CCC(N3CCNCC3)C2)cn1.Cl. The molecule has 0 saturated carbocycles. The minimum absolute atomic E-state index is 0. The zero-order valence-corrected chi connectivity index (χ0v) is 15.9. The van der Waals surface area contributed by atoms with E-state index in [0.717, 1.165) is 56.9 Å². The minimum Gasteiger partial charge on any atom is -0.337 e. The summed E-state index contributed by atoms with van der Waals surface area (Å²) < 4.78 is 1.80. The fourth-order valence-corrected chi connectivity index (χ4v) is 3.84. The fourth-order valence-electron chi connectivity index (χ4n) is 3.84. The molecule has 6 nitrogen and oxygen atoms in total. The Kier molecular flexibility index (Phi) is 5.96. The number of benzene rings is 1. The van der Waals surface area contributed by atoms with Gasteiger partial charge in [0.1, 0.15) is 0 Å². The molecule has 0 aliphatic carbocycles. The summed E-state index contributed by atoms with van der Waals surface area (Å²) in [5.41, 5.74) is 2.83. The number of aryl methyl sites for hydroxylation is 1. The first kappa shape index (κ1) is 18.9. The summed E-state index contributed by atoms with van der Waals surface area (Å²) in [6, 6.07) is 8.57. The van der Waals surface area contributed by atoms with Crippen LogP contribution in [0.2, 0.25) is 0 Å². The van der Waals surface area contributed by atoms with Crippen LogP contribution in [0.25, 0.3) is 5.69 Å². The number of carbonyl (C=O) groups is 1. The van der Waals surface area contributed by atoms with Crippen LogP contribution in [0.3, 0.4) is 0 Å². The van der Waals surface area contributed by atoms with Crippen LogP contribution in [0.15, 0.2) is 36.7 Å². The molecule has 1 amide bonds. The highest BCUT2D eigenvalue weighted by atomic mass is 35.5. The molecule has 2 aliphatic rings. The number of hydrogen-bond acceptors (Lipinski definition) is 4. The molecule has 140 valence electrons. The van der Waals surface area contributed by atoms with E-state index < -0.39 is 0 Å². The van der Waals surface area contributed by atoms with Crippen LogP contribution < -0.4 is 5.32 Å². The summed E-state index contributed by atoms with van der Waals surface area (Å²) in [6.45, 7) is 7.98. The number of para-hydroxylation sites is 1. The van der Waals surface area contributed by atoms with E-state index in [2.05, 4.69) is 28.3 Å². The third-order valence-electron chi connectivity index (χ3n) is 5.31. The number of likely N-dealkylation sites (tertiary alicyclic amines) is 1. The molecule has 1 atom stereocenters. The summed E-state index contributed by atoms with van der Waals surface area (Å²) in [5.74, 6) is 0.0949. The molecule has 0 spiro atoms. The van der Waals surface area contributed by atoms with Gasteiger partial charge in [-0.3, -0.25) is 9.69 Å². The average molecular weight is 376 g/mol. The van der Waals surface area contributed by atoms with Crippen molar-refractivity contribution in [2.75, 3.05) is 39.3 Å². The smallest absolute Gasteiger partial charge is 0.257 e. The van der Waals surface area contributed by atoms with E-state index in [4.69, 9.17) is 0 Å². The summed E-state index contributed by atoms with van der Waals surface area (Å²) in [5, 5.41) is 7.79. The Bertz CT molecular complexity index is 756. The zero-order chi connectivity index (χ0) is 17.2. The van der Waals surface area contributed by atoms with Crippen molar-refractivity contribution in [3.05, 3.63) is 47.8 Å². The molecule has 26 heavy (non-hydrogen) atoms. The number of piperazine rings is 1. The predicted molar refractivity (Wildman–Crippen MR) is 104 cm³/mol. The standard InChI is InChI=1S/C19H25N5O.ClH/c1-15-4-2-3-5-18(15)24-13-16(12-21-24)19(25)23-9-6-17(14-23)22-10-7-20-8-11-22;/h2-5,12-13,17,20H,6-11,14H2,1H3;1H. The van der Waals surface area contributed by atoms with Gasteiger partial charge in [0, 0.05) is 51.5 Å². The first-order valence-electron chi connectivity index (χ1n) is 9.07. The lowest BCUT2D eigenvalue weighted by molar-refractivity contribution is 0.0773. The van der Waals surface area contributed by atoms with Gasteiger partial charge in [0.15, 0.2) is 0 Å². The van der Waals surface area contributed by atoms with Crippen LogP contribution >= 0.6 is 12.4 Å². The molecule has 0 radical (unpaired) electrons. The first-order valence-corrected chi connectivity index (χ1v) is 9.07. The molecule has 3 heterocycles. The number of rotatable bonds is 3. The number of amides is 1. The van der Waals surface area contributed by atoms with E-state index in [0.29, 0.717) is 11.6 Å². The predicted octanol–water partition coefficient (Wildman–Crippen LogP) is 1.72. The molecule has 2 aromatic rings.